The Bertz CT molecular complexity index is 20.9. The van der Waals surface area contributed by atoms with Gasteiger partial charge in [-0.25, -0.2) is 0 Å². The molecule has 0 bridgehead atoms. The summed E-state index contributed by atoms with van der Waals surface area (Å²) in [4.78, 5) is 0. The maximum Gasteiger partial charge on any atom is -0.147 e. The minimum atomic E-state index is 0. The van der Waals surface area contributed by atoms with Gasteiger partial charge in [0.05, 0.1) is 0 Å². The van der Waals surface area contributed by atoms with Crippen LogP contribution in [0.25, 0.3) is 0 Å². The summed E-state index contributed by atoms with van der Waals surface area (Å²) in [6.45, 7) is 3.53. The topological polar surface area (TPSA) is 0 Å². The second-order valence-electron chi connectivity index (χ2n) is 0.577. The van der Waals surface area contributed by atoms with E-state index in [-0.39, 0.29) is 12.4 Å². The Balaban J connectivity index is 0. The molecule has 0 aromatic rings. The second-order valence-corrected chi connectivity index (χ2v) is 2.82. The van der Waals surface area contributed by atoms with Crippen LogP contribution in [0.5, 0.6) is 0 Å². The molecule has 0 radical (unpaired) electrons. The standard InChI is InChI=1S/C3H5.ClH.Hg/c1-3-2;;/h3H,1-2H2;1H;. The molecule has 5 heavy (non-hydrogen) atoms. The molecule has 0 atom stereocenters. The first kappa shape index (κ1) is 9.35. The molecule has 0 spiro atoms. The van der Waals surface area contributed by atoms with Gasteiger partial charge in [-0.1, -0.05) is 0 Å². The average molecular weight is 278 g/mol. The van der Waals surface area contributed by atoms with Crippen molar-refractivity contribution in [2.75, 3.05) is 0 Å². The molecular weight excluding hydrogens is 272 g/mol. The fourth-order valence-electron chi connectivity index (χ4n) is 0. The van der Waals surface area contributed by atoms with E-state index in [1.165, 1.54) is 3.93 Å². The molecule has 0 heterocycles. The average Bonchev–Trinajstić information content (AvgIpc) is 1.37. The molecule has 0 nitrogen and oxygen atoms in total. The third kappa shape index (κ3) is 11.3. The van der Waals surface area contributed by atoms with Crippen molar-refractivity contribution in [3.8, 4) is 0 Å². The molecule has 0 aromatic carbocycles. The summed E-state index contributed by atoms with van der Waals surface area (Å²) < 4.78 is 1.28. The van der Waals surface area contributed by atoms with E-state index in [1.807, 2.05) is 6.08 Å². The van der Waals surface area contributed by atoms with Gasteiger partial charge in [0, 0.05) is 0 Å². The summed E-state index contributed by atoms with van der Waals surface area (Å²) in [5, 5.41) is 0. The van der Waals surface area contributed by atoms with Crippen LogP contribution < -0.4 is 0 Å². The summed E-state index contributed by atoms with van der Waals surface area (Å²) in [5.41, 5.74) is 0. The summed E-state index contributed by atoms with van der Waals surface area (Å²) in [6, 6.07) is 0. The van der Waals surface area contributed by atoms with Crippen molar-refractivity contribution in [1.82, 2.24) is 0 Å². The second kappa shape index (κ2) is 8.88. The Kier molecular flexibility index (Phi) is 16.6. The molecule has 0 fully saturated rings. The van der Waals surface area contributed by atoms with Crippen molar-refractivity contribution in [3.05, 3.63) is 12.7 Å². The largest absolute Gasteiger partial charge is 0.147 e. The summed E-state index contributed by atoms with van der Waals surface area (Å²) in [7, 11) is 0. The molecule has 2 heteroatoms. The minimum Gasteiger partial charge on any atom is -0.147 e. The van der Waals surface area contributed by atoms with Crippen molar-refractivity contribution in [2.45, 2.75) is 3.93 Å². The van der Waals surface area contributed by atoms with Gasteiger partial charge in [-0.2, -0.15) is 0 Å². The maximum absolute atomic E-state index is 3.53. The molecule has 0 aliphatic rings. The van der Waals surface area contributed by atoms with Gasteiger partial charge in [0.1, 0.15) is 0 Å². The first-order chi connectivity index (χ1) is 1.91. The van der Waals surface area contributed by atoms with Gasteiger partial charge in [-0.3, -0.25) is 0 Å². The zero-order valence-electron chi connectivity index (χ0n) is 3.11. The summed E-state index contributed by atoms with van der Waals surface area (Å²) >= 11 is 0.955. The summed E-state index contributed by atoms with van der Waals surface area (Å²) in [5.74, 6) is 0. The minimum absolute atomic E-state index is 0. The molecule has 0 N–H and O–H groups in total. The maximum atomic E-state index is 3.53. The Morgan fingerprint density at radius 1 is 1.80 bits per heavy atom. The quantitative estimate of drug-likeness (QED) is 0.504. The third-order valence-electron chi connectivity index (χ3n) is 0.204. The first-order valence-corrected chi connectivity index (χ1v) is 5.20. The Hall–Kier alpha value is 0.965. The van der Waals surface area contributed by atoms with Crippen LogP contribution in [0.15, 0.2) is 12.7 Å². The van der Waals surface area contributed by atoms with Gasteiger partial charge in [0.15, 0.2) is 0 Å². The zero-order chi connectivity index (χ0) is 3.41. The fourth-order valence-corrected chi connectivity index (χ4v) is 0. The van der Waals surface area contributed by atoms with Gasteiger partial charge in [-0.05, 0) is 0 Å². The van der Waals surface area contributed by atoms with Crippen LogP contribution >= 0.6 is 12.4 Å². The predicted molar refractivity (Wildman–Crippen MR) is 22.3 cm³/mol. The number of allylic oxidation sites excluding steroid dienone is 1. The predicted octanol–water partition coefficient (Wildman–Crippen LogP) is 1.56. The molecule has 0 saturated heterocycles. The Morgan fingerprint density at radius 3 is 2.00 bits per heavy atom. The molecule has 27 valence electrons. The summed E-state index contributed by atoms with van der Waals surface area (Å²) in [6.07, 6.45) is 1.96. The van der Waals surface area contributed by atoms with Crippen molar-refractivity contribution in [1.29, 1.82) is 0 Å². The van der Waals surface area contributed by atoms with Crippen molar-refractivity contribution in [3.63, 3.8) is 0 Å². The molecule has 0 aromatic heterocycles. The van der Waals surface area contributed by atoms with Gasteiger partial charge in [0.2, 0.25) is 0 Å². The van der Waals surface area contributed by atoms with Crippen LogP contribution in [-0.2, 0) is 26.1 Å². The zero-order valence-corrected chi connectivity index (χ0v) is 9.42. The molecule has 0 unspecified atom stereocenters. The van der Waals surface area contributed by atoms with Gasteiger partial charge < -0.3 is 0 Å². The van der Waals surface area contributed by atoms with E-state index in [9.17, 15) is 0 Å². The fraction of sp³-hybridized carbons (Fsp3) is 0.333. The normalized spacial score (nSPS) is 5.20. The van der Waals surface area contributed by atoms with E-state index in [2.05, 4.69) is 6.58 Å². The van der Waals surface area contributed by atoms with Crippen molar-refractivity contribution < 1.29 is 26.1 Å². The van der Waals surface area contributed by atoms with Crippen LogP contribution in [0, 0.1) is 0 Å². The van der Waals surface area contributed by atoms with Gasteiger partial charge >= 0.3 is 42.7 Å². The number of hydrogen-bond donors (Lipinski definition) is 0. The van der Waals surface area contributed by atoms with Crippen molar-refractivity contribution in [2.24, 2.45) is 0 Å². The molecular formula is C3H6ClHg. The smallest absolute Gasteiger partial charge is 0.147 e. The van der Waals surface area contributed by atoms with E-state index in [4.69, 9.17) is 0 Å². The van der Waals surface area contributed by atoms with Crippen LogP contribution in [0.2, 0.25) is 3.93 Å². The Labute approximate surface area is 55.0 Å². The monoisotopic (exact) mass is 279 g/mol. The van der Waals surface area contributed by atoms with Crippen LogP contribution in [-0.4, -0.2) is 0 Å². The molecule has 0 amide bonds. The first-order valence-electron chi connectivity index (χ1n) is 1.32. The number of halogens is 1. The van der Waals surface area contributed by atoms with Crippen LogP contribution in [0.1, 0.15) is 0 Å². The molecule has 0 rings (SSSR count). The van der Waals surface area contributed by atoms with E-state index in [0.717, 1.165) is 26.1 Å². The van der Waals surface area contributed by atoms with Crippen molar-refractivity contribution >= 4 is 12.4 Å². The van der Waals surface area contributed by atoms with Gasteiger partial charge in [0.25, 0.3) is 0 Å². The number of hydrogen-bond acceptors (Lipinski definition) is 0. The van der Waals surface area contributed by atoms with Crippen LogP contribution in [0.4, 0.5) is 0 Å². The molecule has 0 aliphatic carbocycles. The van der Waals surface area contributed by atoms with Gasteiger partial charge in [-0.15, -0.1) is 12.4 Å². The molecule has 0 aliphatic heterocycles. The Morgan fingerprint density at radius 2 is 2.00 bits per heavy atom. The van der Waals surface area contributed by atoms with E-state index >= 15 is 0 Å². The van der Waals surface area contributed by atoms with E-state index in [1.54, 1.807) is 0 Å². The van der Waals surface area contributed by atoms with E-state index in [0.29, 0.717) is 0 Å². The van der Waals surface area contributed by atoms with E-state index < -0.39 is 0 Å². The third-order valence-corrected chi connectivity index (χ3v) is 1.79. The number of rotatable bonds is 1. The SMILES string of the molecule is C=C[CH2][Hg].Cl. The molecule has 0 saturated carbocycles. The van der Waals surface area contributed by atoms with Crippen LogP contribution in [0.3, 0.4) is 0 Å².